The van der Waals surface area contributed by atoms with Crippen LogP contribution in [0.2, 0.25) is 0 Å². The molecule has 0 bridgehead atoms. The molecule has 0 N–H and O–H groups in total. The second-order valence-corrected chi connectivity index (χ2v) is 5.45. The van der Waals surface area contributed by atoms with Gasteiger partial charge in [0, 0.05) is 0 Å². The number of allylic oxidation sites excluding steroid dienone is 2. The van der Waals surface area contributed by atoms with Crippen LogP contribution < -0.4 is 0 Å². The zero-order valence-electron chi connectivity index (χ0n) is 10.4. The largest absolute Gasteiger partial charge is 0.0620 e. The summed E-state index contributed by atoms with van der Waals surface area (Å²) in [4.78, 5) is 0. The molecule has 0 nitrogen and oxygen atoms in total. The van der Waals surface area contributed by atoms with Crippen molar-refractivity contribution in [3.8, 4) is 0 Å². The van der Waals surface area contributed by atoms with Crippen molar-refractivity contribution in [3.05, 3.63) is 81.9 Å². The van der Waals surface area contributed by atoms with Crippen LogP contribution in [0.3, 0.4) is 0 Å². The van der Waals surface area contributed by atoms with E-state index in [-0.39, 0.29) is 0 Å². The minimum Gasteiger partial charge on any atom is -0.0620 e. The lowest BCUT2D eigenvalue weighted by atomic mass is 9.77. The molecule has 2 aliphatic rings. The second-order valence-electron chi connectivity index (χ2n) is 5.45. The van der Waals surface area contributed by atoms with Crippen molar-refractivity contribution < 1.29 is 0 Å². The van der Waals surface area contributed by atoms with Crippen LogP contribution in [0.4, 0.5) is 0 Å². The summed E-state index contributed by atoms with van der Waals surface area (Å²) in [5, 5.41) is 0. The van der Waals surface area contributed by atoms with E-state index in [2.05, 4.69) is 48.5 Å². The highest BCUT2D eigenvalue weighted by atomic mass is 14.3. The van der Waals surface area contributed by atoms with Gasteiger partial charge in [0.25, 0.3) is 0 Å². The maximum absolute atomic E-state index is 2.29. The normalized spacial score (nSPS) is 16.9. The molecule has 2 aromatic carbocycles. The first-order chi connectivity index (χ1) is 8.90. The zero-order valence-corrected chi connectivity index (χ0v) is 10.4. The van der Waals surface area contributed by atoms with Crippen LogP contribution in [-0.4, -0.2) is 0 Å². The van der Waals surface area contributed by atoms with Gasteiger partial charge in [-0.25, -0.2) is 0 Å². The van der Waals surface area contributed by atoms with Gasteiger partial charge < -0.3 is 0 Å². The third kappa shape index (κ3) is 1.53. The van der Waals surface area contributed by atoms with E-state index in [1.54, 1.807) is 11.1 Å². The molecule has 4 rings (SSSR count). The molecule has 0 unspecified atom stereocenters. The topological polar surface area (TPSA) is 0 Å². The fourth-order valence-corrected chi connectivity index (χ4v) is 3.35. The van der Waals surface area contributed by atoms with E-state index in [1.165, 1.54) is 47.9 Å². The Labute approximate surface area is 108 Å². The van der Waals surface area contributed by atoms with E-state index in [9.17, 15) is 0 Å². The highest BCUT2D eigenvalue weighted by Gasteiger charge is 2.22. The molecule has 2 aliphatic carbocycles. The first-order valence-corrected chi connectivity index (χ1v) is 6.73. The van der Waals surface area contributed by atoms with Gasteiger partial charge >= 0.3 is 0 Å². The molecule has 0 radical (unpaired) electrons. The Kier molecular flexibility index (Phi) is 2.16. The molecule has 0 heterocycles. The van der Waals surface area contributed by atoms with Crippen molar-refractivity contribution in [2.45, 2.75) is 25.7 Å². The molecule has 0 amide bonds. The number of rotatable bonds is 0. The molecule has 0 aliphatic heterocycles. The van der Waals surface area contributed by atoms with Gasteiger partial charge in [-0.2, -0.15) is 0 Å². The zero-order chi connectivity index (χ0) is 11.9. The van der Waals surface area contributed by atoms with E-state index >= 15 is 0 Å². The SMILES string of the molecule is c1ccc2c(c1)CC1=C(C2)Cc2ccccc2C1. The van der Waals surface area contributed by atoms with Gasteiger partial charge in [0.05, 0.1) is 0 Å². The molecule has 0 atom stereocenters. The number of benzene rings is 2. The predicted molar refractivity (Wildman–Crippen MR) is 74.7 cm³/mol. The van der Waals surface area contributed by atoms with Crippen molar-refractivity contribution >= 4 is 0 Å². The van der Waals surface area contributed by atoms with Gasteiger partial charge in [-0.1, -0.05) is 59.7 Å². The maximum atomic E-state index is 2.29. The summed E-state index contributed by atoms with van der Waals surface area (Å²) in [6.45, 7) is 0. The van der Waals surface area contributed by atoms with E-state index in [0.717, 1.165) is 0 Å². The van der Waals surface area contributed by atoms with E-state index in [4.69, 9.17) is 0 Å². The molecule has 0 saturated carbocycles. The van der Waals surface area contributed by atoms with Crippen molar-refractivity contribution in [1.29, 1.82) is 0 Å². The van der Waals surface area contributed by atoms with E-state index in [1.807, 2.05) is 0 Å². The van der Waals surface area contributed by atoms with Crippen molar-refractivity contribution in [2.24, 2.45) is 0 Å². The molecular weight excluding hydrogens is 216 g/mol. The summed E-state index contributed by atoms with van der Waals surface area (Å²) in [7, 11) is 0. The Morgan fingerprint density at radius 2 is 0.722 bits per heavy atom. The number of hydrogen-bond acceptors (Lipinski definition) is 0. The molecule has 2 aromatic rings. The second kappa shape index (κ2) is 3.84. The van der Waals surface area contributed by atoms with Crippen LogP contribution in [0, 0.1) is 0 Å². The van der Waals surface area contributed by atoms with Gasteiger partial charge in [-0.05, 0) is 47.9 Å². The molecule has 0 aromatic heterocycles. The molecule has 0 saturated heterocycles. The van der Waals surface area contributed by atoms with Gasteiger partial charge in [-0.15, -0.1) is 0 Å². The van der Waals surface area contributed by atoms with Crippen LogP contribution in [0.5, 0.6) is 0 Å². The molecule has 88 valence electrons. The van der Waals surface area contributed by atoms with E-state index < -0.39 is 0 Å². The van der Waals surface area contributed by atoms with Crippen molar-refractivity contribution in [3.63, 3.8) is 0 Å². The summed E-state index contributed by atoms with van der Waals surface area (Å²) in [5.41, 5.74) is 9.50. The predicted octanol–water partition coefficient (Wildman–Crippen LogP) is 3.88. The molecule has 0 spiro atoms. The standard InChI is InChI=1S/C18H16/c1-2-6-14-10-18-12-16-8-4-3-7-15(16)11-17(18)9-13(14)5-1/h1-8H,9-12H2. The first-order valence-electron chi connectivity index (χ1n) is 6.73. The quantitative estimate of drug-likeness (QED) is 0.605. The van der Waals surface area contributed by atoms with Crippen LogP contribution >= 0.6 is 0 Å². The number of hydrogen-bond donors (Lipinski definition) is 0. The molecule has 18 heavy (non-hydrogen) atoms. The van der Waals surface area contributed by atoms with Gasteiger partial charge in [0.1, 0.15) is 0 Å². The fourth-order valence-electron chi connectivity index (χ4n) is 3.35. The third-order valence-electron chi connectivity index (χ3n) is 4.35. The third-order valence-corrected chi connectivity index (χ3v) is 4.35. The minimum atomic E-state index is 1.17. The summed E-state index contributed by atoms with van der Waals surface area (Å²) in [6.07, 6.45) is 4.67. The lowest BCUT2D eigenvalue weighted by molar-refractivity contribution is 0.831. The summed E-state index contributed by atoms with van der Waals surface area (Å²) >= 11 is 0. The average Bonchev–Trinajstić information content (AvgIpc) is 2.42. The lowest BCUT2D eigenvalue weighted by Gasteiger charge is -2.28. The Morgan fingerprint density at radius 1 is 0.444 bits per heavy atom. The summed E-state index contributed by atoms with van der Waals surface area (Å²) in [6, 6.07) is 17.8. The smallest absolute Gasteiger partial charge is 0.00580 e. The Balaban J connectivity index is 1.75. The maximum Gasteiger partial charge on any atom is -0.00580 e. The minimum absolute atomic E-state index is 1.17. The Hall–Kier alpha value is -1.82. The van der Waals surface area contributed by atoms with Crippen molar-refractivity contribution in [2.75, 3.05) is 0 Å². The first kappa shape index (κ1) is 10.1. The highest BCUT2D eigenvalue weighted by Crippen LogP contribution is 2.34. The molecular formula is C18H16. The van der Waals surface area contributed by atoms with Crippen molar-refractivity contribution in [1.82, 2.24) is 0 Å². The van der Waals surface area contributed by atoms with Gasteiger partial charge in [-0.3, -0.25) is 0 Å². The average molecular weight is 232 g/mol. The Bertz CT molecular complexity index is 535. The monoisotopic (exact) mass is 232 g/mol. The highest BCUT2D eigenvalue weighted by molar-refractivity contribution is 5.48. The summed E-state index contributed by atoms with van der Waals surface area (Å²) < 4.78 is 0. The fraction of sp³-hybridized carbons (Fsp3) is 0.222. The van der Waals surface area contributed by atoms with Crippen LogP contribution in [0.15, 0.2) is 59.7 Å². The van der Waals surface area contributed by atoms with Gasteiger partial charge in [0.15, 0.2) is 0 Å². The molecule has 0 fully saturated rings. The van der Waals surface area contributed by atoms with Crippen LogP contribution in [0.25, 0.3) is 0 Å². The summed E-state index contributed by atoms with van der Waals surface area (Å²) in [5.74, 6) is 0. The lowest BCUT2D eigenvalue weighted by Crippen LogP contribution is -2.17. The van der Waals surface area contributed by atoms with Crippen LogP contribution in [-0.2, 0) is 25.7 Å². The van der Waals surface area contributed by atoms with Crippen LogP contribution in [0.1, 0.15) is 22.3 Å². The Morgan fingerprint density at radius 3 is 1.00 bits per heavy atom. The number of fused-ring (bicyclic) bond motifs is 2. The molecule has 0 heteroatoms. The van der Waals surface area contributed by atoms with E-state index in [0.29, 0.717) is 0 Å². The van der Waals surface area contributed by atoms with Gasteiger partial charge in [0.2, 0.25) is 0 Å².